The summed E-state index contributed by atoms with van der Waals surface area (Å²) in [7, 11) is 0. The van der Waals surface area contributed by atoms with Crippen molar-refractivity contribution in [1.29, 1.82) is 0 Å². The van der Waals surface area contributed by atoms with Crippen molar-refractivity contribution in [3.63, 3.8) is 0 Å². The minimum absolute atomic E-state index is 0.430. The molecule has 0 bridgehead atoms. The van der Waals surface area contributed by atoms with Crippen molar-refractivity contribution in [2.75, 3.05) is 41.4 Å². The summed E-state index contributed by atoms with van der Waals surface area (Å²) >= 11 is 12.3. The van der Waals surface area contributed by atoms with Gasteiger partial charge in [0, 0.05) is 36.8 Å². The lowest BCUT2D eigenvalue weighted by Crippen LogP contribution is -2.34. The van der Waals surface area contributed by atoms with Gasteiger partial charge in [0.05, 0.1) is 11.2 Å². The highest BCUT2D eigenvalue weighted by Crippen LogP contribution is 2.31. The summed E-state index contributed by atoms with van der Waals surface area (Å²) in [6.07, 6.45) is 8.73. The van der Waals surface area contributed by atoms with Crippen LogP contribution in [0.2, 0.25) is 10.0 Å². The Balaban J connectivity index is 1.33. The molecular formula is C24H27Cl2N7O. The molecule has 2 aromatic heterocycles. The van der Waals surface area contributed by atoms with Gasteiger partial charge >= 0.3 is 0 Å². The molecule has 1 N–H and O–H groups in total. The Morgan fingerprint density at radius 3 is 2.09 bits per heavy atom. The summed E-state index contributed by atoms with van der Waals surface area (Å²) in [5.41, 5.74) is 3.74. The first-order valence-corrected chi connectivity index (χ1v) is 12.5. The summed E-state index contributed by atoms with van der Waals surface area (Å²) in [4.78, 5) is 18.6. The summed E-state index contributed by atoms with van der Waals surface area (Å²) < 4.78 is 5.88. The minimum Gasteiger partial charge on any atom is -0.455 e. The van der Waals surface area contributed by atoms with Crippen LogP contribution in [0.15, 0.2) is 39.9 Å². The predicted octanol–water partition coefficient (Wildman–Crippen LogP) is 5.87. The monoisotopic (exact) mass is 499 g/mol. The lowest BCUT2D eigenvalue weighted by atomic mass is 10.1. The summed E-state index contributed by atoms with van der Waals surface area (Å²) in [5.74, 6) is 3.08. The first-order chi connectivity index (χ1) is 16.7. The molecule has 178 valence electrons. The molecule has 5 rings (SSSR count). The fraction of sp³-hybridized carbons (Fsp3) is 0.417. The number of rotatable bonds is 6. The maximum Gasteiger partial charge on any atom is 0.250 e. The van der Waals surface area contributed by atoms with Crippen LogP contribution in [0.25, 0.3) is 11.3 Å². The Labute approximate surface area is 209 Å². The molecule has 8 nitrogen and oxygen atoms in total. The highest BCUT2D eigenvalue weighted by molar-refractivity contribution is 6.36. The van der Waals surface area contributed by atoms with Crippen molar-refractivity contribution < 1.29 is 4.42 Å². The Bertz CT molecular complexity index is 1120. The third-order valence-corrected chi connectivity index (χ3v) is 6.62. The smallest absolute Gasteiger partial charge is 0.250 e. The van der Waals surface area contributed by atoms with E-state index >= 15 is 0 Å². The average molecular weight is 500 g/mol. The van der Waals surface area contributed by atoms with Gasteiger partial charge in [-0.3, -0.25) is 0 Å². The molecule has 2 fully saturated rings. The van der Waals surface area contributed by atoms with Crippen LogP contribution in [0.3, 0.4) is 0 Å². The van der Waals surface area contributed by atoms with Crippen molar-refractivity contribution in [2.24, 2.45) is 5.10 Å². The standard InChI is InChI=1S/C24H27Cl2N7O/c25-17-7-9-19(20(26)15-17)21-10-8-18(34-21)16-27-31-22-28-23(32-11-3-1-4-12-32)30-24(29-22)33-13-5-2-6-14-33/h7-10,15-16H,1-6,11-14H2,(H,28,29,30,31)/b27-16+. The van der Waals surface area contributed by atoms with Crippen LogP contribution in [-0.4, -0.2) is 47.3 Å². The van der Waals surface area contributed by atoms with E-state index in [4.69, 9.17) is 32.6 Å². The second kappa shape index (κ2) is 10.6. The van der Waals surface area contributed by atoms with E-state index in [9.17, 15) is 0 Å². The van der Waals surface area contributed by atoms with Gasteiger partial charge in [0.2, 0.25) is 17.8 Å². The van der Waals surface area contributed by atoms with Crippen LogP contribution in [0, 0.1) is 0 Å². The zero-order valence-electron chi connectivity index (χ0n) is 18.9. The first kappa shape index (κ1) is 22.9. The third-order valence-electron chi connectivity index (χ3n) is 6.07. The van der Waals surface area contributed by atoms with Crippen molar-refractivity contribution in [3.05, 3.63) is 46.1 Å². The van der Waals surface area contributed by atoms with E-state index in [1.807, 2.05) is 18.2 Å². The topological polar surface area (TPSA) is 82.7 Å². The lowest BCUT2D eigenvalue weighted by molar-refractivity contribution is 0.556. The van der Waals surface area contributed by atoms with E-state index in [-0.39, 0.29) is 0 Å². The molecule has 3 aromatic rings. The van der Waals surface area contributed by atoms with Crippen LogP contribution >= 0.6 is 23.2 Å². The quantitative estimate of drug-likeness (QED) is 0.335. The lowest BCUT2D eigenvalue weighted by Gasteiger charge is -2.30. The van der Waals surface area contributed by atoms with Gasteiger partial charge in [-0.05, 0) is 68.9 Å². The maximum atomic E-state index is 6.29. The van der Waals surface area contributed by atoms with Crippen molar-refractivity contribution >= 4 is 47.3 Å². The maximum absolute atomic E-state index is 6.29. The molecule has 4 heterocycles. The molecule has 0 unspecified atom stereocenters. The van der Waals surface area contributed by atoms with Gasteiger partial charge < -0.3 is 14.2 Å². The van der Waals surface area contributed by atoms with Gasteiger partial charge in [-0.2, -0.15) is 20.1 Å². The second-order valence-corrected chi connectivity index (χ2v) is 9.39. The molecule has 34 heavy (non-hydrogen) atoms. The van der Waals surface area contributed by atoms with Gasteiger partial charge in [-0.1, -0.05) is 23.2 Å². The zero-order valence-corrected chi connectivity index (χ0v) is 20.4. The van der Waals surface area contributed by atoms with E-state index in [1.54, 1.807) is 18.3 Å². The van der Waals surface area contributed by atoms with Crippen molar-refractivity contribution in [3.8, 4) is 11.3 Å². The van der Waals surface area contributed by atoms with E-state index in [0.717, 1.165) is 57.4 Å². The molecule has 0 radical (unpaired) electrons. The van der Waals surface area contributed by atoms with E-state index in [1.165, 1.54) is 12.8 Å². The molecule has 0 atom stereocenters. The highest BCUT2D eigenvalue weighted by atomic mass is 35.5. The highest BCUT2D eigenvalue weighted by Gasteiger charge is 2.20. The Morgan fingerprint density at radius 2 is 1.47 bits per heavy atom. The predicted molar refractivity (Wildman–Crippen MR) is 137 cm³/mol. The number of hydrogen-bond donors (Lipinski definition) is 1. The second-order valence-electron chi connectivity index (χ2n) is 8.55. The molecule has 2 aliphatic rings. The number of furan rings is 1. The Morgan fingerprint density at radius 1 is 0.824 bits per heavy atom. The first-order valence-electron chi connectivity index (χ1n) is 11.8. The van der Waals surface area contributed by atoms with Crippen molar-refractivity contribution in [1.82, 2.24) is 15.0 Å². The van der Waals surface area contributed by atoms with Crippen LogP contribution < -0.4 is 15.2 Å². The third kappa shape index (κ3) is 5.45. The Kier molecular flexibility index (Phi) is 7.16. The molecule has 0 aliphatic carbocycles. The van der Waals surface area contributed by atoms with E-state index in [0.29, 0.717) is 39.4 Å². The van der Waals surface area contributed by atoms with Crippen LogP contribution in [0.4, 0.5) is 17.8 Å². The average Bonchev–Trinajstić information content (AvgIpc) is 3.33. The van der Waals surface area contributed by atoms with Gasteiger partial charge in [-0.15, -0.1) is 0 Å². The van der Waals surface area contributed by atoms with E-state index < -0.39 is 0 Å². The van der Waals surface area contributed by atoms with Gasteiger partial charge in [0.15, 0.2) is 0 Å². The molecule has 2 aliphatic heterocycles. The summed E-state index contributed by atoms with van der Waals surface area (Å²) in [5, 5.41) is 5.43. The number of anilines is 3. The molecule has 0 saturated carbocycles. The fourth-order valence-corrected chi connectivity index (χ4v) is 4.79. The fourth-order valence-electron chi connectivity index (χ4n) is 4.28. The number of hydrazone groups is 1. The van der Waals surface area contributed by atoms with Gasteiger partial charge in [-0.25, -0.2) is 5.43 Å². The minimum atomic E-state index is 0.430. The van der Waals surface area contributed by atoms with Crippen LogP contribution in [0.5, 0.6) is 0 Å². The summed E-state index contributed by atoms with van der Waals surface area (Å²) in [6.45, 7) is 3.87. The number of hydrogen-bond acceptors (Lipinski definition) is 8. The number of piperidine rings is 2. The van der Waals surface area contributed by atoms with Crippen LogP contribution in [0.1, 0.15) is 44.3 Å². The van der Waals surface area contributed by atoms with E-state index in [2.05, 4.69) is 30.3 Å². The number of halogens is 2. The van der Waals surface area contributed by atoms with Crippen LogP contribution in [-0.2, 0) is 0 Å². The molecule has 10 heteroatoms. The number of nitrogens with one attached hydrogen (secondary N) is 1. The molecular weight excluding hydrogens is 473 g/mol. The zero-order chi connectivity index (χ0) is 23.3. The molecule has 0 amide bonds. The molecule has 0 spiro atoms. The number of benzene rings is 1. The van der Waals surface area contributed by atoms with Crippen molar-refractivity contribution in [2.45, 2.75) is 38.5 Å². The molecule has 2 saturated heterocycles. The normalized spacial score (nSPS) is 16.9. The molecule has 1 aromatic carbocycles. The summed E-state index contributed by atoms with van der Waals surface area (Å²) in [6, 6.07) is 8.98. The number of aromatic nitrogens is 3. The largest absolute Gasteiger partial charge is 0.455 e. The SMILES string of the molecule is Clc1ccc(-c2ccc(/C=N/Nc3nc(N4CCCCC4)nc(N4CCCCC4)n3)o2)c(Cl)c1. The van der Waals surface area contributed by atoms with Gasteiger partial charge in [0.25, 0.3) is 0 Å². The Hall–Kier alpha value is -2.84. The van der Waals surface area contributed by atoms with Gasteiger partial charge in [0.1, 0.15) is 11.5 Å². The number of nitrogens with zero attached hydrogens (tertiary/aromatic N) is 6.